The van der Waals surface area contributed by atoms with E-state index in [4.69, 9.17) is 11.6 Å². The predicted octanol–water partition coefficient (Wildman–Crippen LogP) is 13.6. The van der Waals surface area contributed by atoms with Crippen molar-refractivity contribution in [1.29, 1.82) is 0 Å². The van der Waals surface area contributed by atoms with Gasteiger partial charge in [-0.15, -0.1) is 11.6 Å². The van der Waals surface area contributed by atoms with E-state index < -0.39 is 0 Å². The van der Waals surface area contributed by atoms with Crippen LogP contribution in [0.2, 0.25) is 0 Å². The van der Waals surface area contributed by atoms with Gasteiger partial charge < -0.3 is 0 Å². The van der Waals surface area contributed by atoms with Crippen molar-refractivity contribution in [1.82, 2.24) is 0 Å². The number of rotatable bonds is 22. The maximum absolute atomic E-state index is 5.46. The van der Waals surface area contributed by atoms with Gasteiger partial charge in [-0.25, -0.2) is 0 Å². The molecule has 0 unspecified atom stereocenters. The highest BCUT2D eigenvalue weighted by molar-refractivity contribution is 7.99. The van der Waals surface area contributed by atoms with E-state index in [0.29, 0.717) is 5.88 Å². The number of hydrogen-bond donors (Lipinski definition) is 1. The first-order chi connectivity index (χ1) is 20.3. The number of alkyl halides is 1. The van der Waals surface area contributed by atoms with Gasteiger partial charge in [0.2, 0.25) is 0 Å². The molecule has 0 amide bonds. The van der Waals surface area contributed by atoms with E-state index in [1.165, 1.54) is 120 Å². The molecule has 0 aliphatic rings. The van der Waals surface area contributed by atoms with Gasteiger partial charge >= 0.3 is 0 Å². The van der Waals surface area contributed by atoms with Crippen molar-refractivity contribution in [2.45, 2.75) is 117 Å². The van der Waals surface area contributed by atoms with E-state index in [1.807, 2.05) is 42.5 Å². The summed E-state index contributed by atoms with van der Waals surface area (Å²) in [6.07, 6.45) is 31.0. The largest absolute Gasteiger partial charge is 0.179 e. The smallest absolute Gasteiger partial charge is 0.0407 e. The minimum atomic E-state index is 0.578. The van der Waals surface area contributed by atoms with Crippen molar-refractivity contribution in [2.24, 2.45) is 0 Å². The van der Waals surface area contributed by atoms with Crippen LogP contribution < -0.4 is 0 Å². The highest BCUT2D eigenvalue weighted by atomic mass is 35.5. The lowest BCUT2D eigenvalue weighted by Gasteiger charge is -2.01. The summed E-state index contributed by atoms with van der Waals surface area (Å²) < 4.78 is 0. The molecule has 0 saturated heterocycles. The zero-order chi connectivity index (χ0) is 29.9. The van der Waals surface area contributed by atoms with Crippen LogP contribution in [0, 0.1) is 0 Å². The summed E-state index contributed by atoms with van der Waals surface area (Å²) in [6, 6.07) is 20.7. The molecule has 0 aliphatic heterocycles. The van der Waals surface area contributed by atoms with Crippen molar-refractivity contribution in [3.8, 4) is 0 Å². The van der Waals surface area contributed by atoms with Crippen molar-refractivity contribution in [2.75, 3.05) is 23.1 Å². The first-order valence-electron chi connectivity index (χ1n) is 16.5. The first-order valence-corrected chi connectivity index (χ1v) is 18.8. The zero-order valence-electron chi connectivity index (χ0n) is 26.5. The van der Waals surface area contributed by atoms with E-state index in [1.54, 1.807) is 0 Å². The SMILES string of the molecule is CCCCCCCCCCS.CCCCCCCCCCSC/C=C/c1ccccc1.ClC/C=C/c1ccccc1. The molecule has 0 N–H and O–H groups in total. The molecule has 0 bridgehead atoms. The number of unbranched alkanes of at least 4 members (excludes halogenated alkanes) is 14. The van der Waals surface area contributed by atoms with Gasteiger partial charge in [-0.05, 0) is 35.5 Å². The van der Waals surface area contributed by atoms with Crippen LogP contribution in [0.1, 0.15) is 128 Å². The minimum absolute atomic E-state index is 0.578. The highest BCUT2D eigenvalue weighted by Gasteiger charge is 1.92. The van der Waals surface area contributed by atoms with Gasteiger partial charge in [-0.1, -0.05) is 189 Å². The highest BCUT2D eigenvalue weighted by Crippen LogP contribution is 2.12. The molecule has 0 aromatic heterocycles. The number of halogens is 1. The Morgan fingerprint density at radius 3 is 1.41 bits per heavy atom. The number of thioether (sulfide) groups is 1. The molecule has 3 heteroatoms. The lowest BCUT2D eigenvalue weighted by molar-refractivity contribution is 0.586. The van der Waals surface area contributed by atoms with Crippen molar-refractivity contribution in [3.63, 3.8) is 0 Å². The average molecular weight is 617 g/mol. The monoisotopic (exact) mass is 616 g/mol. The van der Waals surface area contributed by atoms with Gasteiger partial charge in [-0.3, -0.25) is 0 Å². The van der Waals surface area contributed by atoms with Crippen molar-refractivity contribution < 1.29 is 0 Å². The minimum Gasteiger partial charge on any atom is -0.179 e. The topological polar surface area (TPSA) is 0 Å². The Morgan fingerprint density at radius 2 is 0.976 bits per heavy atom. The van der Waals surface area contributed by atoms with E-state index >= 15 is 0 Å². The molecule has 0 nitrogen and oxygen atoms in total. The van der Waals surface area contributed by atoms with Gasteiger partial charge in [-0.2, -0.15) is 24.4 Å². The number of benzene rings is 2. The second kappa shape index (κ2) is 35.1. The van der Waals surface area contributed by atoms with Crippen LogP contribution in [-0.2, 0) is 0 Å². The maximum atomic E-state index is 5.46. The zero-order valence-corrected chi connectivity index (χ0v) is 28.9. The molecular weight excluding hydrogens is 556 g/mol. The summed E-state index contributed by atoms with van der Waals surface area (Å²) in [5.74, 6) is 4.10. The maximum Gasteiger partial charge on any atom is 0.0407 e. The van der Waals surface area contributed by atoms with Crippen LogP contribution >= 0.6 is 36.0 Å². The lowest BCUT2D eigenvalue weighted by Crippen LogP contribution is -1.84. The second-order valence-corrected chi connectivity index (χ2v) is 12.4. The fraction of sp³-hybridized carbons (Fsp3) is 0.579. The van der Waals surface area contributed by atoms with Crippen LogP contribution in [0.25, 0.3) is 12.2 Å². The molecule has 0 spiro atoms. The van der Waals surface area contributed by atoms with Gasteiger partial charge in [0.05, 0.1) is 0 Å². The quantitative estimate of drug-likeness (QED) is 0.0779. The predicted molar refractivity (Wildman–Crippen MR) is 198 cm³/mol. The van der Waals surface area contributed by atoms with Crippen molar-refractivity contribution >= 4 is 48.1 Å². The Labute approximate surface area is 270 Å². The lowest BCUT2D eigenvalue weighted by atomic mass is 10.1. The number of allylic oxidation sites excluding steroid dienone is 1. The van der Waals surface area contributed by atoms with Gasteiger partial charge in [0.1, 0.15) is 0 Å². The summed E-state index contributed by atoms with van der Waals surface area (Å²) in [4.78, 5) is 0. The summed E-state index contributed by atoms with van der Waals surface area (Å²) in [7, 11) is 0. The third kappa shape index (κ3) is 31.7. The number of hydrogen-bond acceptors (Lipinski definition) is 2. The van der Waals surface area contributed by atoms with Crippen LogP contribution in [0.5, 0.6) is 0 Å². The third-order valence-corrected chi connectivity index (χ3v) is 8.18. The molecule has 2 aromatic rings. The van der Waals surface area contributed by atoms with E-state index in [-0.39, 0.29) is 0 Å². The fourth-order valence-corrected chi connectivity index (χ4v) is 5.35. The Morgan fingerprint density at radius 1 is 0.561 bits per heavy atom. The van der Waals surface area contributed by atoms with E-state index in [2.05, 4.69) is 80.7 Å². The molecule has 232 valence electrons. The van der Waals surface area contributed by atoms with Crippen LogP contribution in [0.4, 0.5) is 0 Å². The number of thiol groups is 1. The summed E-state index contributed by atoms with van der Waals surface area (Å²) in [6.45, 7) is 4.55. The van der Waals surface area contributed by atoms with Crippen molar-refractivity contribution in [3.05, 3.63) is 83.9 Å². The standard InChI is InChI=1S/C19H30S.C10H22S.C9H9Cl/c1-2-3-4-5-6-7-8-12-17-20-18-13-16-19-14-10-9-11-15-19;1-2-3-4-5-6-7-8-9-10-11;10-8-4-7-9-5-2-1-3-6-9/h9-11,13-16H,2-8,12,17-18H2,1H3;11H,2-10H2,1H3;1-7H,8H2/b16-13+;;7-4+. The average Bonchev–Trinajstić information content (AvgIpc) is 3.02. The van der Waals surface area contributed by atoms with E-state index in [9.17, 15) is 0 Å². The Kier molecular flexibility index (Phi) is 34.2. The molecule has 0 heterocycles. The summed E-state index contributed by atoms with van der Waals surface area (Å²) in [5.41, 5.74) is 2.50. The molecule has 0 fully saturated rings. The normalized spacial score (nSPS) is 10.8. The van der Waals surface area contributed by atoms with Crippen LogP contribution in [0.15, 0.2) is 72.8 Å². The second-order valence-electron chi connectivity index (χ2n) is 10.5. The molecule has 0 atom stereocenters. The first kappa shape index (κ1) is 39.9. The Hall–Kier alpha value is -1.09. The molecule has 0 radical (unpaired) electrons. The van der Waals surface area contributed by atoms with Gasteiger partial charge in [0.25, 0.3) is 0 Å². The molecular formula is C38H61ClS2. The molecule has 41 heavy (non-hydrogen) atoms. The fourth-order valence-electron chi connectivity index (χ4n) is 4.23. The Balaban J connectivity index is 0.000000643. The summed E-state index contributed by atoms with van der Waals surface area (Å²) >= 11 is 11.7. The Bertz CT molecular complexity index is 780. The summed E-state index contributed by atoms with van der Waals surface area (Å²) in [5, 5.41) is 0. The molecule has 0 saturated carbocycles. The molecule has 0 aliphatic carbocycles. The van der Waals surface area contributed by atoms with Crippen LogP contribution in [0.3, 0.4) is 0 Å². The van der Waals surface area contributed by atoms with Gasteiger partial charge in [0, 0.05) is 11.6 Å². The van der Waals surface area contributed by atoms with Crippen LogP contribution in [-0.4, -0.2) is 23.1 Å². The van der Waals surface area contributed by atoms with E-state index in [0.717, 1.165) is 11.5 Å². The van der Waals surface area contributed by atoms with Gasteiger partial charge in [0.15, 0.2) is 0 Å². The third-order valence-electron chi connectivity index (χ3n) is 6.68. The molecule has 2 aromatic carbocycles. The molecule has 2 rings (SSSR count).